The Morgan fingerprint density at radius 3 is 3.00 bits per heavy atom. The first-order valence-corrected chi connectivity index (χ1v) is 6.01. The smallest absolute Gasteiger partial charge is 0.265 e. The van der Waals surface area contributed by atoms with Crippen LogP contribution in [0.2, 0.25) is 0 Å². The lowest BCUT2D eigenvalue weighted by Crippen LogP contribution is -2.27. The van der Waals surface area contributed by atoms with Gasteiger partial charge in [-0.1, -0.05) is 0 Å². The molecule has 0 fully saturated rings. The summed E-state index contributed by atoms with van der Waals surface area (Å²) in [7, 11) is 1.50. The van der Waals surface area contributed by atoms with Crippen LogP contribution < -0.4 is 15.6 Å². The molecular weight excluding hydrogens is 302 g/mol. The van der Waals surface area contributed by atoms with Crippen LogP contribution >= 0.6 is 15.9 Å². The SMILES string of the molecule is CCO/C=C/C(=O)NNc1ccc(Br)nc1OC. The summed E-state index contributed by atoms with van der Waals surface area (Å²) >= 11 is 3.23. The van der Waals surface area contributed by atoms with Crippen molar-refractivity contribution in [3.05, 3.63) is 29.1 Å². The van der Waals surface area contributed by atoms with Crippen LogP contribution in [0.25, 0.3) is 0 Å². The lowest BCUT2D eigenvalue weighted by Gasteiger charge is -2.10. The molecule has 1 amide bonds. The fourth-order valence-electron chi connectivity index (χ4n) is 1.05. The molecule has 6 nitrogen and oxygen atoms in total. The number of amides is 1. The summed E-state index contributed by atoms with van der Waals surface area (Å²) in [5, 5.41) is 0. The van der Waals surface area contributed by atoms with E-state index in [-0.39, 0.29) is 5.91 Å². The number of aromatic nitrogens is 1. The van der Waals surface area contributed by atoms with Gasteiger partial charge in [-0.3, -0.25) is 15.6 Å². The van der Waals surface area contributed by atoms with Crippen LogP contribution in [0.1, 0.15) is 6.92 Å². The molecule has 18 heavy (non-hydrogen) atoms. The van der Waals surface area contributed by atoms with Crippen LogP contribution in [0.15, 0.2) is 29.1 Å². The summed E-state index contributed by atoms with van der Waals surface area (Å²) in [4.78, 5) is 15.4. The molecular formula is C11H14BrN3O3. The van der Waals surface area contributed by atoms with Gasteiger partial charge in [0.2, 0.25) is 5.88 Å². The molecule has 0 saturated heterocycles. The van der Waals surface area contributed by atoms with Gasteiger partial charge in [0, 0.05) is 6.08 Å². The van der Waals surface area contributed by atoms with E-state index in [9.17, 15) is 4.79 Å². The minimum Gasteiger partial charge on any atom is -0.501 e. The Labute approximate surface area is 113 Å². The van der Waals surface area contributed by atoms with Gasteiger partial charge in [0.25, 0.3) is 5.91 Å². The van der Waals surface area contributed by atoms with Gasteiger partial charge in [0.05, 0.1) is 20.0 Å². The van der Waals surface area contributed by atoms with Crippen molar-refractivity contribution in [3.63, 3.8) is 0 Å². The molecule has 0 aromatic carbocycles. The average molecular weight is 316 g/mol. The zero-order valence-corrected chi connectivity index (χ0v) is 11.7. The molecule has 0 atom stereocenters. The van der Waals surface area contributed by atoms with Gasteiger partial charge in [-0.15, -0.1) is 0 Å². The molecule has 1 aromatic heterocycles. The van der Waals surface area contributed by atoms with E-state index in [2.05, 4.69) is 31.8 Å². The van der Waals surface area contributed by atoms with Crippen molar-refractivity contribution in [1.82, 2.24) is 10.4 Å². The fourth-order valence-corrected chi connectivity index (χ4v) is 1.34. The standard InChI is InChI=1S/C11H14BrN3O3/c1-3-18-7-6-10(16)15-14-8-4-5-9(12)13-11(8)17-2/h4-7,14H,3H2,1-2H3,(H,15,16)/b7-6+. The van der Waals surface area contributed by atoms with E-state index in [1.165, 1.54) is 19.4 Å². The number of methoxy groups -OCH3 is 1. The highest BCUT2D eigenvalue weighted by molar-refractivity contribution is 9.10. The molecule has 0 aliphatic rings. The average Bonchev–Trinajstić information content (AvgIpc) is 2.37. The summed E-state index contributed by atoms with van der Waals surface area (Å²) in [5.41, 5.74) is 5.72. The first kappa shape index (κ1) is 14.3. The number of hydrazine groups is 1. The number of anilines is 1. The van der Waals surface area contributed by atoms with Crippen molar-refractivity contribution in [2.45, 2.75) is 6.92 Å². The van der Waals surface area contributed by atoms with Crippen LogP contribution in [-0.4, -0.2) is 24.6 Å². The number of carbonyl (C=O) groups excluding carboxylic acids is 1. The van der Waals surface area contributed by atoms with Gasteiger partial charge >= 0.3 is 0 Å². The Hall–Kier alpha value is -1.76. The molecule has 1 rings (SSSR count). The van der Waals surface area contributed by atoms with Crippen LogP contribution in [0.3, 0.4) is 0 Å². The molecule has 0 unspecified atom stereocenters. The Morgan fingerprint density at radius 1 is 1.56 bits per heavy atom. The molecule has 2 N–H and O–H groups in total. The maximum atomic E-state index is 11.3. The highest BCUT2D eigenvalue weighted by Gasteiger charge is 2.05. The number of ether oxygens (including phenoxy) is 2. The monoisotopic (exact) mass is 315 g/mol. The Kier molecular flexibility index (Phi) is 5.99. The summed E-state index contributed by atoms with van der Waals surface area (Å²) in [6, 6.07) is 3.45. The summed E-state index contributed by atoms with van der Waals surface area (Å²) in [5.74, 6) is 0.0342. The molecule has 7 heteroatoms. The number of carbonyl (C=O) groups is 1. The van der Waals surface area contributed by atoms with Gasteiger partial charge in [-0.2, -0.15) is 0 Å². The largest absolute Gasteiger partial charge is 0.501 e. The predicted octanol–water partition coefficient (Wildman–Crippen LogP) is 1.85. The highest BCUT2D eigenvalue weighted by Crippen LogP contribution is 2.22. The van der Waals surface area contributed by atoms with E-state index in [1.54, 1.807) is 12.1 Å². The normalized spacial score (nSPS) is 10.2. The van der Waals surface area contributed by atoms with Gasteiger partial charge in [0.1, 0.15) is 10.3 Å². The number of nitrogens with zero attached hydrogens (tertiary/aromatic N) is 1. The second kappa shape index (κ2) is 7.54. The van der Waals surface area contributed by atoms with Gasteiger partial charge in [0.15, 0.2) is 0 Å². The fraction of sp³-hybridized carbons (Fsp3) is 0.273. The van der Waals surface area contributed by atoms with Crippen molar-refractivity contribution in [1.29, 1.82) is 0 Å². The van der Waals surface area contributed by atoms with Crippen molar-refractivity contribution >= 4 is 27.5 Å². The number of rotatable bonds is 6. The molecule has 0 saturated carbocycles. The third kappa shape index (κ3) is 4.62. The van der Waals surface area contributed by atoms with Crippen molar-refractivity contribution in [2.75, 3.05) is 19.1 Å². The quantitative estimate of drug-likeness (QED) is 0.363. The summed E-state index contributed by atoms with van der Waals surface area (Å²) in [6.45, 7) is 2.35. The third-order valence-corrected chi connectivity index (χ3v) is 2.26. The number of nitrogens with one attached hydrogen (secondary N) is 2. The lowest BCUT2D eigenvalue weighted by molar-refractivity contribution is -0.116. The van der Waals surface area contributed by atoms with E-state index in [0.717, 1.165) is 0 Å². The maximum Gasteiger partial charge on any atom is 0.265 e. The number of hydrogen-bond acceptors (Lipinski definition) is 5. The number of hydrogen-bond donors (Lipinski definition) is 2. The molecule has 1 aromatic rings. The zero-order valence-electron chi connectivity index (χ0n) is 10.1. The molecule has 0 bridgehead atoms. The molecule has 0 aliphatic carbocycles. The van der Waals surface area contributed by atoms with E-state index >= 15 is 0 Å². The van der Waals surface area contributed by atoms with E-state index in [1.807, 2.05) is 6.92 Å². The Balaban J connectivity index is 2.55. The van der Waals surface area contributed by atoms with Gasteiger partial charge in [-0.25, -0.2) is 4.98 Å². The second-order valence-electron chi connectivity index (χ2n) is 3.06. The highest BCUT2D eigenvalue weighted by atomic mass is 79.9. The molecule has 98 valence electrons. The van der Waals surface area contributed by atoms with E-state index in [0.29, 0.717) is 22.8 Å². The zero-order chi connectivity index (χ0) is 13.4. The van der Waals surface area contributed by atoms with Crippen molar-refractivity contribution in [3.8, 4) is 5.88 Å². The predicted molar refractivity (Wildman–Crippen MR) is 71.0 cm³/mol. The van der Waals surface area contributed by atoms with E-state index < -0.39 is 0 Å². The van der Waals surface area contributed by atoms with Crippen LogP contribution in [-0.2, 0) is 9.53 Å². The van der Waals surface area contributed by atoms with Crippen LogP contribution in [0, 0.1) is 0 Å². The van der Waals surface area contributed by atoms with E-state index in [4.69, 9.17) is 9.47 Å². The molecule has 1 heterocycles. The molecule has 0 spiro atoms. The minimum atomic E-state index is -0.339. The number of halogens is 1. The topological polar surface area (TPSA) is 72.5 Å². The summed E-state index contributed by atoms with van der Waals surface area (Å²) in [6.07, 6.45) is 2.60. The molecule has 0 aliphatic heterocycles. The van der Waals surface area contributed by atoms with Crippen LogP contribution in [0.5, 0.6) is 5.88 Å². The van der Waals surface area contributed by atoms with Gasteiger partial charge < -0.3 is 9.47 Å². The first-order valence-electron chi connectivity index (χ1n) is 5.22. The van der Waals surface area contributed by atoms with Crippen molar-refractivity contribution < 1.29 is 14.3 Å². The number of pyridine rings is 1. The maximum absolute atomic E-state index is 11.3. The van der Waals surface area contributed by atoms with Crippen LogP contribution in [0.4, 0.5) is 5.69 Å². The second-order valence-corrected chi connectivity index (χ2v) is 3.88. The Bertz CT molecular complexity index is 438. The first-order chi connectivity index (χ1) is 8.67. The van der Waals surface area contributed by atoms with Crippen molar-refractivity contribution in [2.24, 2.45) is 0 Å². The molecule has 0 radical (unpaired) electrons. The minimum absolute atomic E-state index is 0.339. The third-order valence-electron chi connectivity index (χ3n) is 1.82. The van der Waals surface area contributed by atoms with Gasteiger partial charge in [-0.05, 0) is 35.0 Å². The lowest BCUT2D eigenvalue weighted by atomic mass is 10.4. The summed E-state index contributed by atoms with van der Waals surface area (Å²) < 4.78 is 10.6. The Morgan fingerprint density at radius 2 is 2.33 bits per heavy atom.